The molecule has 0 aliphatic heterocycles. The number of unbranched alkanes of at least 4 members (excludes halogenated alkanes) is 1. The van der Waals surface area contributed by atoms with Gasteiger partial charge in [0.1, 0.15) is 5.52 Å². The van der Waals surface area contributed by atoms with Gasteiger partial charge in [-0.3, -0.25) is 0 Å². The van der Waals surface area contributed by atoms with Crippen molar-refractivity contribution in [3.05, 3.63) is 42.5 Å². The van der Waals surface area contributed by atoms with Crippen molar-refractivity contribution in [2.24, 2.45) is 0 Å². The van der Waals surface area contributed by atoms with Crippen LogP contribution in [0.3, 0.4) is 0 Å². The lowest BCUT2D eigenvalue weighted by molar-refractivity contribution is 0.289. The average Bonchev–Trinajstić information content (AvgIpc) is 2.62. The number of hydrogen-bond donors (Lipinski definition) is 1. The number of nitrogens with one attached hydrogen (secondary N) is 1. The van der Waals surface area contributed by atoms with Crippen LogP contribution in [0.1, 0.15) is 19.8 Å². The van der Waals surface area contributed by atoms with E-state index in [4.69, 9.17) is 9.47 Å². The maximum absolute atomic E-state index is 5.80. The topological polar surface area (TPSA) is 69.2 Å². The molecule has 6 nitrogen and oxygen atoms in total. The van der Waals surface area contributed by atoms with Crippen molar-refractivity contribution >= 4 is 22.4 Å². The SMILES string of the molecule is CCCCOc1cc2nnnc(Nc3ccccc3)c2cc1OC. The van der Waals surface area contributed by atoms with E-state index in [9.17, 15) is 0 Å². The highest BCUT2D eigenvalue weighted by Crippen LogP contribution is 2.34. The van der Waals surface area contributed by atoms with E-state index >= 15 is 0 Å². The van der Waals surface area contributed by atoms with E-state index in [0.29, 0.717) is 29.4 Å². The van der Waals surface area contributed by atoms with Crippen LogP contribution in [0.2, 0.25) is 0 Å². The Labute approximate surface area is 140 Å². The van der Waals surface area contributed by atoms with E-state index in [0.717, 1.165) is 23.9 Å². The molecule has 0 unspecified atom stereocenters. The number of benzene rings is 2. The van der Waals surface area contributed by atoms with Crippen LogP contribution in [0.5, 0.6) is 11.5 Å². The fourth-order valence-electron chi connectivity index (χ4n) is 2.34. The number of hydrogen-bond acceptors (Lipinski definition) is 6. The third kappa shape index (κ3) is 3.53. The maximum Gasteiger partial charge on any atom is 0.164 e. The molecule has 0 atom stereocenters. The van der Waals surface area contributed by atoms with Crippen LogP contribution in [-0.2, 0) is 0 Å². The minimum Gasteiger partial charge on any atom is -0.493 e. The summed E-state index contributed by atoms with van der Waals surface area (Å²) < 4.78 is 11.3. The lowest BCUT2D eigenvalue weighted by atomic mass is 10.2. The molecule has 6 heteroatoms. The normalized spacial score (nSPS) is 10.6. The number of ether oxygens (including phenoxy) is 2. The van der Waals surface area contributed by atoms with Gasteiger partial charge in [0.25, 0.3) is 0 Å². The number of nitrogens with zero attached hydrogens (tertiary/aromatic N) is 3. The fraction of sp³-hybridized carbons (Fsp3) is 0.278. The number of fused-ring (bicyclic) bond motifs is 1. The van der Waals surface area contributed by atoms with Gasteiger partial charge in [0.05, 0.1) is 19.1 Å². The molecule has 3 rings (SSSR count). The standard InChI is InChI=1S/C18H20N4O2/c1-3-4-10-24-17-12-15-14(11-16(17)23-2)18(21-22-20-15)19-13-8-6-5-7-9-13/h5-9,11-12H,3-4,10H2,1-2H3,(H,19,20,21). The molecule has 2 aromatic carbocycles. The molecule has 0 bridgehead atoms. The fourth-order valence-corrected chi connectivity index (χ4v) is 2.34. The van der Waals surface area contributed by atoms with Crippen molar-refractivity contribution in [1.29, 1.82) is 0 Å². The molecule has 124 valence electrons. The van der Waals surface area contributed by atoms with Crippen molar-refractivity contribution in [2.75, 3.05) is 19.0 Å². The Kier molecular flexibility index (Phi) is 5.05. The second-order valence-electron chi connectivity index (χ2n) is 5.35. The molecule has 1 aromatic heterocycles. The molecule has 0 amide bonds. The van der Waals surface area contributed by atoms with Gasteiger partial charge in [0, 0.05) is 11.8 Å². The smallest absolute Gasteiger partial charge is 0.164 e. The maximum atomic E-state index is 5.80. The van der Waals surface area contributed by atoms with Crippen LogP contribution in [0.25, 0.3) is 10.9 Å². The Bertz CT molecular complexity index is 809. The van der Waals surface area contributed by atoms with Gasteiger partial charge in [0.2, 0.25) is 0 Å². The van der Waals surface area contributed by atoms with Gasteiger partial charge in [-0.1, -0.05) is 31.5 Å². The molecule has 1 heterocycles. The monoisotopic (exact) mass is 324 g/mol. The third-order valence-electron chi connectivity index (χ3n) is 3.63. The zero-order chi connectivity index (χ0) is 16.8. The number of para-hydroxylation sites is 1. The first kappa shape index (κ1) is 16.0. The summed E-state index contributed by atoms with van der Waals surface area (Å²) in [4.78, 5) is 0. The van der Waals surface area contributed by atoms with E-state index in [-0.39, 0.29) is 0 Å². The molecule has 0 fully saturated rings. The first-order chi connectivity index (χ1) is 11.8. The van der Waals surface area contributed by atoms with E-state index in [1.54, 1.807) is 7.11 Å². The Morgan fingerprint density at radius 1 is 1.04 bits per heavy atom. The summed E-state index contributed by atoms with van der Waals surface area (Å²) in [6.07, 6.45) is 2.06. The van der Waals surface area contributed by atoms with Gasteiger partial charge in [0.15, 0.2) is 17.3 Å². The van der Waals surface area contributed by atoms with Crippen molar-refractivity contribution in [3.63, 3.8) is 0 Å². The summed E-state index contributed by atoms with van der Waals surface area (Å²) in [5, 5.41) is 16.2. The van der Waals surface area contributed by atoms with Crippen LogP contribution >= 0.6 is 0 Å². The molecular formula is C18H20N4O2. The molecule has 3 aromatic rings. The quantitative estimate of drug-likeness (QED) is 0.664. The highest BCUT2D eigenvalue weighted by Gasteiger charge is 2.12. The molecule has 24 heavy (non-hydrogen) atoms. The van der Waals surface area contributed by atoms with Gasteiger partial charge in [-0.25, -0.2) is 0 Å². The number of aromatic nitrogens is 3. The molecule has 0 saturated heterocycles. The predicted octanol–water partition coefficient (Wildman–Crippen LogP) is 3.96. The van der Waals surface area contributed by atoms with Gasteiger partial charge < -0.3 is 14.8 Å². The lowest BCUT2D eigenvalue weighted by Gasteiger charge is -2.13. The van der Waals surface area contributed by atoms with Crippen LogP contribution in [0.15, 0.2) is 42.5 Å². The van der Waals surface area contributed by atoms with Gasteiger partial charge >= 0.3 is 0 Å². The van der Waals surface area contributed by atoms with Crippen LogP contribution in [-0.4, -0.2) is 29.1 Å². The van der Waals surface area contributed by atoms with Gasteiger partial charge in [-0.2, -0.15) is 0 Å². The van der Waals surface area contributed by atoms with Crippen molar-refractivity contribution in [2.45, 2.75) is 19.8 Å². The minimum absolute atomic E-state index is 0.629. The molecule has 0 spiro atoms. The summed E-state index contributed by atoms with van der Waals surface area (Å²) in [5.41, 5.74) is 1.64. The van der Waals surface area contributed by atoms with Crippen molar-refractivity contribution in [1.82, 2.24) is 15.4 Å². The second kappa shape index (κ2) is 7.59. The average molecular weight is 324 g/mol. The predicted molar refractivity (Wildman–Crippen MR) is 94.0 cm³/mol. The summed E-state index contributed by atoms with van der Waals surface area (Å²) in [7, 11) is 1.63. The van der Waals surface area contributed by atoms with Crippen LogP contribution in [0.4, 0.5) is 11.5 Å². The highest BCUT2D eigenvalue weighted by atomic mass is 16.5. The van der Waals surface area contributed by atoms with Crippen LogP contribution < -0.4 is 14.8 Å². The Morgan fingerprint density at radius 3 is 2.62 bits per heavy atom. The largest absolute Gasteiger partial charge is 0.493 e. The van der Waals surface area contributed by atoms with E-state index in [1.807, 2.05) is 42.5 Å². The van der Waals surface area contributed by atoms with Crippen molar-refractivity contribution in [3.8, 4) is 11.5 Å². The zero-order valence-corrected chi connectivity index (χ0v) is 13.8. The number of anilines is 2. The molecule has 1 N–H and O–H groups in total. The zero-order valence-electron chi connectivity index (χ0n) is 13.8. The van der Waals surface area contributed by atoms with Crippen LogP contribution in [0, 0.1) is 0 Å². The first-order valence-electron chi connectivity index (χ1n) is 7.97. The summed E-state index contributed by atoms with van der Waals surface area (Å²) in [5.74, 6) is 1.96. The second-order valence-corrected chi connectivity index (χ2v) is 5.35. The summed E-state index contributed by atoms with van der Waals surface area (Å²) in [6, 6.07) is 13.5. The molecule has 0 saturated carbocycles. The summed E-state index contributed by atoms with van der Waals surface area (Å²) >= 11 is 0. The van der Waals surface area contributed by atoms with E-state index < -0.39 is 0 Å². The Hall–Kier alpha value is -2.89. The molecule has 0 aliphatic rings. The molecule has 0 radical (unpaired) electrons. The minimum atomic E-state index is 0.629. The highest BCUT2D eigenvalue weighted by molar-refractivity contribution is 5.92. The summed E-state index contributed by atoms with van der Waals surface area (Å²) in [6.45, 7) is 2.77. The van der Waals surface area contributed by atoms with E-state index in [1.165, 1.54) is 0 Å². The van der Waals surface area contributed by atoms with E-state index in [2.05, 4.69) is 27.7 Å². The lowest BCUT2D eigenvalue weighted by Crippen LogP contribution is -2.02. The van der Waals surface area contributed by atoms with Crippen molar-refractivity contribution < 1.29 is 9.47 Å². The van der Waals surface area contributed by atoms with Gasteiger partial charge in [-0.05, 0) is 29.8 Å². The Balaban J connectivity index is 1.97. The number of methoxy groups -OCH3 is 1. The van der Waals surface area contributed by atoms with Gasteiger partial charge in [-0.15, -0.1) is 10.2 Å². The molecular weight excluding hydrogens is 304 g/mol. The molecule has 0 aliphatic carbocycles. The third-order valence-corrected chi connectivity index (χ3v) is 3.63. The first-order valence-corrected chi connectivity index (χ1v) is 7.97. The Morgan fingerprint density at radius 2 is 1.88 bits per heavy atom. The number of rotatable bonds is 7.